The zero-order chi connectivity index (χ0) is 13.3. The van der Waals surface area contributed by atoms with Crippen molar-refractivity contribution in [3.8, 4) is 5.75 Å². The average molecular weight is 268 g/mol. The summed E-state index contributed by atoms with van der Waals surface area (Å²) in [5.74, 6) is -0.339. The van der Waals surface area contributed by atoms with Gasteiger partial charge in [0.1, 0.15) is 0 Å². The number of aromatic nitrogens is 1. The second-order valence-corrected chi connectivity index (χ2v) is 3.99. The van der Waals surface area contributed by atoms with Crippen LogP contribution in [-0.2, 0) is 4.74 Å². The van der Waals surface area contributed by atoms with Crippen LogP contribution in [0.25, 0.3) is 10.9 Å². The van der Waals surface area contributed by atoms with Crippen molar-refractivity contribution in [2.75, 3.05) is 14.2 Å². The van der Waals surface area contributed by atoms with E-state index in [-0.39, 0.29) is 5.56 Å². The fourth-order valence-corrected chi connectivity index (χ4v) is 1.91. The normalized spacial score (nSPS) is 10.4. The first-order valence-electron chi connectivity index (χ1n) is 5.06. The Morgan fingerprint density at radius 3 is 2.72 bits per heavy atom. The first kappa shape index (κ1) is 12.4. The summed E-state index contributed by atoms with van der Waals surface area (Å²) in [6.45, 7) is 0. The Balaban J connectivity index is 2.83. The summed E-state index contributed by atoms with van der Waals surface area (Å²) in [7, 11) is 2.66. The summed E-state index contributed by atoms with van der Waals surface area (Å²) >= 11 is 5.83. The van der Waals surface area contributed by atoms with E-state index in [0.717, 1.165) is 6.20 Å². The highest BCUT2D eigenvalue weighted by molar-refractivity contribution is 6.31. The van der Waals surface area contributed by atoms with Gasteiger partial charge in [0, 0.05) is 11.1 Å². The highest BCUT2D eigenvalue weighted by Gasteiger charge is 2.22. The van der Waals surface area contributed by atoms with E-state index < -0.39 is 5.97 Å². The molecule has 1 aromatic heterocycles. The third-order valence-corrected chi connectivity index (χ3v) is 2.78. The van der Waals surface area contributed by atoms with Crippen LogP contribution in [0.1, 0.15) is 10.4 Å². The molecule has 0 aliphatic rings. The molecule has 0 spiro atoms. The van der Waals surface area contributed by atoms with Gasteiger partial charge in [0.05, 0.1) is 19.6 Å². The van der Waals surface area contributed by atoms with Gasteiger partial charge in [-0.2, -0.15) is 4.73 Å². The van der Waals surface area contributed by atoms with Crippen LogP contribution in [0.3, 0.4) is 0 Å². The Labute approximate surface area is 108 Å². The average Bonchev–Trinajstić information content (AvgIpc) is 2.38. The second-order valence-electron chi connectivity index (χ2n) is 3.55. The summed E-state index contributed by atoms with van der Waals surface area (Å²) in [6, 6.07) is 4.75. The number of ether oxygens (including phenoxy) is 2. The lowest BCUT2D eigenvalue weighted by atomic mass is 10.1. The van der Waals surface area contributed by atoms with Crippen molar-refractivity contribution in [2.45, 2.75) is 0 Å². The van der Waals surface area contributed by atoms with E-state index in [1.165, 1.54) is 20.3 Å². The number of carbonyl (C=O) groups excluding carboxylic acids is 1. The second kappa shape index (κ2) is 4.70. The zero-order valence-corrected chi connectivity index (χ0v) is 10.5. The highest BCUT2D eigenvalue weighted by atomic mass is 35.5. The van der Waals surface area contributed by atoms with E-state index in [0.29, 0.717) is 26.4 Å². The van der Waals surface area contributed by atoms with Crippen LogP contribution in [0.15, 0.2) is 24.4 Å². The highest BCUT2D eigenvalue weighted by Crippen LogP contribution is 2.29. The summed E-state index contributed by atoms with van der Waals surface area (Å²) in [5, 5.41) is 12.8. The molecule has 94 valence electrons. The number of methoxy groups -OCH3 is 2. The number of carbonyl (C=O) groups is 1. The smallest absolute Gasteiger partial charge is 0.347 e. The number of nitrogens with zero attached hydrogens (tertiary/aromatic N) is 1. The first-order chi connectivity index (χ1) is 8.58. The molecule has 18 heavy (non-hydrogen) atoms. The standard InChI is InChI=1S/C12H10ClNO4/c1-17-11-8-4-3-7(13)5-10(8)14(16)6-9(11)12(15)18-2/h3-6H,1-2H3. The lowest BCUT2D eigenvalue weighted by Crippen LogP contribution is -2.29. The fraction of sp³-hybridized carbons (Fsp3) is 0.167. The minimum atomic E-state index is -0.631. The number of pyridine rings is 1. The van der Waals surface area contributed by atoms with Gasteiger partial charge in [0.25, 0.3) is 0 Å². The maximum atomic E-state index is 11.8. The molecule has 0 amide bonds. The Morgan fingerprint density at radius 1 is 1.39 bits per heavy atom. The summed E-state index contributed by atoms with van der Waals surface area (Å²) in [6.07, 6.45) is 1.11. The molecule has 1 aromatic carbocycles. The summed E-state index contributed by atoms with van der Waals surface area (Å²) < 4.78 is 10.4. The third-order valence-electron chi connectivity index (χ3n) is 2.54. The molecule has 0 bridgehead atoms. The molecular formula is C12H10ClNO4. The van der Waals surface area contributed by atoms with E-state index in [1.807, 2.05) is 0 Å². The molecule has 0 saturated heterocycles. The van der Waals surface area contributed by atoms with Gasteiger partial charge < -0.3 is 14.7 Å². The Kier molecular flexibility index (Phi) is 3.25. The maximum Gasteiger partial charge on any atom is 0.347 e. The van der Waals surface area contributed by atoms with Crippen molar-refractivity contribution >= 4 is 28.5 Å². The molecule has 0 radical (unpaired) electrons. The van der Waals surface area contributed by atoms with Crippen molar-refractivity contribution < 1.29 is 19.0 Å². The van der Waals surface area contributed by atoms with E-state index in [9.17, 15) is 10.0 Å². The van der Waals surface area contributed by atoms with E-state index in [2.05, 4.69) is 4.74 Å². The van der Waals surface area contributed by atoms with Crippen LogP contribution in [0, 0.1) is 5.21 Å². The van der Waals surface area contributed by atoms with Crippen molar-refractivity contribution in [3.63, 3.8) is 0 Å². The molecule has 1 heterocycles. The molecule has 0 aliphatic carbocycles. The van der Waals surface area contributed by atoms with Crippen molar-refractivity contribution in [1.82, 2.24) is 0 Å². The molecule has 2 rings (SSSR count). The Morgan fingerprint density at radius 2 is 2.11 bits per heavy atom. The molecule has 0 N–H and O–H groups in total. The van der Waals surface area contributed by atoms with Crippen molar-refractivity contribution in [2.24, 2.45) is 0 Å². The number of halogens is 1. The number of hydrogen-bond acceptors (Lipinski definition) is 4. The summed E-state index contributed by atoms with van der Waals surface area (Å²) in [5.41, 5.74) is 0.400. The van der Waals surface area contributed by atoms with Crippen LogP contribution in [-0.4, -0.2) is 20.2 Å². The molecule has 0 atom stereocenters. The molecule has 5 nitrogen and oxygen atoms in total. The monoisotopic (exact) mass is 267 g/mol. The molecule has 0 fully saturated rings. The van der Waals surface area contributed by atoms with E-state index >= 15 is 0 Å². The molecule has 0 saturated carbocycles. The Hall–Kier alpha value is -2.01. The van der Waals surface area contributed by atoms with Gasteiger partial charge in [-0.25, -0.2) is 4.79 Å². The largest absolute Gasteiger partial charge is 0.618 e. The minimum absolute atomic E-state index is 0.0739. The van der Waals surface area contributed by atoms with Crippen LogP contribution in [0.5, 0.6) is 5.75 Å². The molecule has 0 unspecified atom stereocenters. The van der Waals surface area contributed by atoms with Crippen LogP contribution >= 0.6 is 11.6 Å². The van der Waals surface area contributed by atoms with Gasteiger partial charge in [-0.3, -0.25) is 0 Å². The third kappa shape index (κ3) is 1.93. The van der Waals surface area contributed by atoms with Crippen LogP contribution in [0.2, 0.25) is 5.02 Å². The van der Waals surface area contributed by atoms with Crippen LogP contribution < -0.4 is 9.47 Å². The molecule has 2 aromatic rings. The van der Waals surface area contributed by atoms with Crippen molar-refractivity contribution in [3.05, 3.63) is 40.2 Å². The Bertz CT molecular complexity index is 627. The number of benzene rings is 1. The number of rotatable bonds is 2. The van der Waals surface area contributed by atoms with Gasteiger partial charge in [-0.1, -0.05) is 11.6 Å². The molecular weight excluding hydrogens is 258 g/mol. The fourth-order valence-electron chi connectivity index (χ4n) is 1.74. The van der Waals surface area contributed by atoms with Gasteiger partial charge in [-0.15, -0.1) is 0 Å². The first-order valence-corrected chi connectivity index (χ1v) is 5.44. The molecule has 0 aliphatic heterocycles. The van der Waals surface area contributed by atoms with Gasteiger partial charge in [0.2, 0.25) is 5.52 Å². The van der Waals surface area contributed by atoms with Gasteiger partial charge >= 0.3 is 5.97 Å². The molecule has 6 heteroatoms. The lowest BCUT2D eigenvalue weighted by Gasteiger charge is -2.10. The topological polar surface area (TPSA) is 62.5 Å². The maximum absolute atomic E-state index is 11.8. The quantitative estimate of drug-likeness (QED) is 0.474. The number of esters is 1. The predicted molar refractivity (Wildman–Crippen MR) is 65.8 cm³/mol. The SMILES string of the molecule is COC(=O)c1c[n+]([O-])c2cc(Cl)ccc2c1OC. The van der Waals surface area contributed by atoms with E-state index in [4.69, 9.17) is 16.3 Å². The van der Waals surface area contributed by atoms with Gasteiger partial charge in [-0.05, 0) is 12.1 Å². The predicted octanol–water partition coefficient (Wildman–Crippen LogP) is 1.92. The van der Waals surface area contributed by atoms with E-state index in [1.54, 1.807) is 12.1 Å². The van der Waals surface area contributed by atoms with Gasteiger partial charge in [0.15, 0.2) is 17.5 Å². The zero-order valence-electron chi connectivity index (χ0n) is 9.77. The lowest BCUT2D eigenvalue weighted by molar-refractivity contribution is -0.577. The minimum Gasteiger partial charge on any atom is -0.618 e. The van der Waals surface area contributed by atoms with Crippen molar-refractivity contribution in [1.29, 1.82) is 0 Å². The number of fused-ring (bicyclic) bond motifs is 1. The van der Waals surface area contributed by atoms with Crippen LogP contribution in [0.4, 0.5) is 0 Å². The number of hydrogen-bond donors (Lipinski definition) is 0. The summed E-state index contributed by atoms with van der Waals surface area (Å²) in [4.78, 5) is 11.6.